The lowest BCUT2D eigenvalue weighted by atomic mass is 10.0. The highest BCUT2D eigenvalue weighted by Gasteiger charge is 2.34. The zero-order valence-corrected chi connectivity index (χ0v) is 19.6. The third-order valence-electron chi connectivity index (χ3n) is 5.79. The summed E-state index contributed by atoms with van der Waals surface area (Å²) in [4.78, 5) is 8.85. The number of hydrogen-bond acceptors (Lipinski definition) is 4. The van der Waals surface area contributed by atoms with E-state index in [9.17, 15) is 17.6 Å². The molecule has 0 aliphatic heterocycles. The fourth-order valence-corrected chi connectivity index (χ4v) is 4.14. The molecule has 0 aliphatic carbocycles. The number of imidazole rings is 1. The number of halogens is 4. The fourth-order valence-electron chi connectivity index (χ4n) is 4.14. The van der Waals surface area contributed by atoms with Crippen LogP contribution < -0.4 is 4.74 Å². The number of benzene rings is 2. The molecule has 2 aromatic carbocycles. The maximum absolute atomic E-state index is 13.9. The topological polar surface area (TPSA) is 57.2 Å². The Morgan fingerprint density at radius 2 is 1.81 bits per heavy atom. The van der Waals surface area contributed by atoms with Gasteiger partial charge in [0.1, 0.15) is 11.6 Å². The van der Waals surface area contributed by atoms with Gasteiger partial charge in [0.2, 0.25) is 0 Å². The van der Waals surface area contributed by atoms with E-state index < -0.39 is 17.6 Å². The summed E-state index contributed by atoms with van der Waals surface area (Å²) >= 11 is 0. The van der Waals surface area contributed by atoms with Crippen LogP contribution in [0.4, 0.5) is 17.6 Å². The molecule has 0 spiro atoms. The van der Waals surface area contributed by atoms with Gasteiger partial charge in [-0.3, -0.25) is 0 Å². The third-order valence-corrected chi connectivity index (χ3v) is 5.79. The van der Waals surface area contributed by atoms with Crippen molar-refractivity contribution in [3.63, 3.8) is 0 Å². The molecule has 0 N–H and O–H groups in total. The number of hydrogen-bond donors (Lipinski definition) is 0. The van der Waals surface area contributed by atoms with Gasteiger partial charge in [-0.15, -0.1) is 0 Å². The van der Waals surface area contributed by atoms with E-state index in [0.29, 0.717) is 29.2 Å². The zero-order valence-electron chi connectivity index (χ0n) is 19.6. The van der Waals surface area contributed by atoms with Crippen molar-refractivity contribution in [1.82, 2.24) is 24.1 Å². The highest BCUT2D eigenvalue weighted by Crippen LogP contribution is 2.35. The van der Waals surface area contributed by atoms with Crippen LogP contribution in [-0.4, -0.2) is 31.3 Å². The molecule has 0 aliphatic rings. The molecule has 0 atom stereocenters. The van der Waals surface area contributed by atoms with E-state index in [0.717, 1.165) is 34.6 Å². The molecule has 184 valence electrons. The number of aryl methyl sites for hydroxylation is 2. The molecule has 0 amide bonds. The number of methoxy groups -OCH3 is 1. The highest BCUT2D eigenvalue weighted by molar-refractivity contribution is 5.78. The smallest absolute Gasteiger partial charge is 0.419 e. The molecule has 0 saturated heterocycles. The molecule has 0 radical (unpaired) electrons. The largest absolute Gasteiger partial charge is 0.495 e. The average Bonchev–Trinajstić information content (AvgIpc) is 3.43. The Hall–Kier alpha value is -4.21. The SMILES string of the molecule is COc1cc(Cc2nc3c(-c4ccc(F)c(C(F)(F)F)c4)cc(C)cn3n2)ccc1-n1cnc(C)c1. The Morgan fingerprint density at radius 3 is 2.50 bits per heavy atom. The van der Waals surface area contributed by atoms with Crippen molar-refractivity contribution in [3.8, 4) is 22.6 Å². The van der Waals surface area contributed by atoms with Crippen molar-refractivity contribution in [2.75, 3.05) is 7.11 Å². The first-order chi connectivity index (χ1) is 17.1. The monoisotopic (exact) mass is 495 g/mol. The van der Waals surface area contributed by atoms with Crippen molar-refractivity contribution < 1.29 is 22.3 Å². The summed E-state index contributed by atoms with van der Waals surface area (Å²) in [6.45, 7) is 3.71. The number of fused-ring (bicyclic) bond motifs is 1. The number of pyridine rings is 1. The van der Waals surface area contributed by atoms with Gasteiger partial charge in [0, 0.05) is 24.4 Å². The quantitative estimate of drug-likeness (QED) is 0.283. The van der Waals surface area contributed by atoms with Crippen LogP contribution in [0, 0.1) is 19.7 Å². The molecule has 5 rings (SSSR count). The predicted octanol–water partition coefficient (Wildman–Crippen LogP) is 5.96. The Balaban J connectivity index is 1.53. The van der Waals surface area contributed by atoms with E-state index in [1.807, 2.05) is 35.9 Å². The molecule has 3 aromatic heterocycles. The van der Waals surface area contributed by atoms with Crippen LogP contribution in [0.2, 0.25) is 0 Å². The van der Waals surface area contributed by atoms with Gasteiger partial charge in [-0.1, -0.05) is 12.1 Å². The standard InChI is InChI=1S/C26H21F4N5O/c1-15-8-19(18-5-6-21(27)20(11-18)26(28,29)30)25-32-24(33-35(25)12-15)10-17-4-7-22(23(9-17)36-3)34-13-16(2)31-14-34/h4-9,11-14H,10H2,1-3H3. The minimum absolute atomic E-state index is 0.207. The second-order valence-electron chi connectivity index (χ2n) is 8.53. The van der Waals surface area contributed by atoms with Gasteiger partial charge in [-0.2, -0.15) is 18.3 Å². The Labute approximate surface area is 203 Å². The van der Waals surface area contributed by atoms with Crippen LogP contribution in [0.1, 0.15) is 28.2 Å². The second kappa shape index (κ2) is 8.78. The lowest BCUT2D eigenvalue weighted by Gasteiger charge is -2.11. The van der Waals surface area contributed by atoms with E-state index in [4.69, 9.17) is 4.74 Å². The summed E-state index contributed by atoms with van der Waals surface area (Å²) in [5.41, 5.74) is 3.08. The van der Waals surface area contributed by atoms with Crippen LogP contribution in [0.15, 0.2) is 61.2 Å². The summed E-state index contributed by atoms with van der Waals surface area (Å²) < 4.78 is 62.7. The van der Waals surface area contributed by atoms with Gasteiger partial charge >= 0.3 is 6.18 Å². The van der Waals surface area contributed by atoms with E-state index in [-0.39, 0.29) is 5.56 Å². The van der Waals surface area contributed by atoms with Crippen LogP contribution in [0.5, 0.6) is 5.75 Å². The van der Waals surface area contributed by atoms with Crippen LogP contribution >= 0.6 is 0 Å². The van der Waals surface area contributed by atoms with Crippen molar-refractivity contribution in [1.29, 1.82) is 0 Å². The second-order valence-corrected chi connectivity index (χ2v) is 8.53. The lowest BCUT2D eigenvalue weighted by Crippen LogP contribution is -2.08. The average molecular weight is 495 g/mol. The maximum atomic E-state index is 13.9. The van der Waals surface area contributed by atoms with Crippen molar-refractivity contribution in [2.24, 2.45) is 0 Å². The summed E-state index contributed by atoms with van der Waals surface area (Å²) in [6.07, 6.45) is 0.913. The van der Waals surface area contributed by atoms with E-state index in [2.05, 4.69) is 15.1 Å². The molecule has 0 saturated carbocycles. The van der Waals surface area contributed by atoms with E-state index >= 15 is 0 Å². The van der Waals surface area contributed by atoms with Gasteiger partial charge < -0.3 is 9.30 Å². The third kappa shape index (κ3) is 4.41. The lowest BCUT2D eigenvalue weighted by molar-refractivity contribution is -0.139. The molecule has 0 bridgehead atoms. The first kappa shape index (κ1) is 23.5. The van der Waals surface area contributed by atoms with Crippen molar-refractivity contribution >= 4 is 5.65 Å². The minimum Gasteiger partial charge on any atom is -0.495 e. The first-order valence-corrected chi connectivity index (χ1v) is 11.0. The number of nitrogens with zero attached hydrogens (tertiary/aromatic N) is 5. The molecule has 3 heterocycles. The molecule has 5 aromatic rings. The van der Waals surface area contributed by atoms with Crippen molar-refractivity contribution in [3.05, 3.63) is 95.2 Å². The highest BCUT2D eigenvalue weighted by atomic mass is 19.4. The molecule has 0 fully saturated rings. The molecule has 10 heteroatoms. The summed E-state index contributed by atoms with van der Waals surface area (Å²) in [6, 6.07) is 10.4. The van der Waals surface area contributed by atoms with Gasteiger partial charge in [0.25, 0.3) is 0 Å². The summed E-state index contributed by atoms with van der Waals surface area (Å²) in [5.74, 6) is -0.190. The van der Waals surface area contributed by atoms with E-state index in [1.165, 1.54) is 10.6 Å². The first-order valence-electron chi connectivity index (χ1n) is 11.0. The van der Waals surface area contributed by atoms with Crippen molar-refractivity contribution in [2.45, 2.75) is 26.4 Å². The van der Waals surface area contributed by atoms with Gasteiger partial charge in [0.15, 0.2) is 11.5 Å². The normalized spacial score (nSPS) is 11.9. The minimum atomic E-state index is -4.81. The van der Waals surface area contributed by atoms with Gasteiger partial charge in [-0.05, 0) is 60.9 Å². The zero-order chi connectivity index (χ0) is 25.6. The molecule has 36 heavy (non-hydrogen) atoms. The molecular weight excluding hydrogens is 474 g/mol. The Morgan fingerprint density at radius 1 is 1.00 bits per heavy atom. The number of aromatic nitrogens is 5. The fraction of sp³-hybridized carbons (Fsp3) is 0.192. The summed E-state index contributed by atoms with van der Waals surface area (Å²) in [5, 5.41) is 4.54. The molecular formula is C26H21F4N5O. The van der Waals surface area contributed by atoms with Crippen LogP contribution in [0.3, 0.4) is 0 Å². The Bertz CT molecular complexity index is 1590. The number of rotatable bonds is 5. The number of alkyl halides is 3. The predicted molar refractivity (Wildman–Crippen MR) is 126 cm³/mol. The Kier molecular flexibility index (Phi) is 5.74. The summed E-state index contributed by atoms with van der Waals surface area (Å²) in [7, 11) is 1.59. The van der Waals surface area contributed by atoms with E-state index in [1.54, 1.807) is 32.6 Å². The van der Waals surface area contributed by atoms with Gasteiger partial charge in [-0.25, -0.2) is 18.9 Å². The number of ether oxygens (including phenoxy) is 1. The molecule has 6 nitrogen and oxygen atoms in total. The maximum Gasteiger partial charge on any atom is 0.419 e. The van der Waals surface area contributed by atoms with Crippen LogP contribution in [-0.2, 0) is 12.6 Å². The molecule has 0 unspecified atom stereocenters. The van der Waals surface area contributed by atoms with Crippen LogP contribution in [0.25, 0.3) is 22.5 Å². The van der Waals surface area contributed by atoms with Gasteiger partial charge in [0.05, 0.1) is 30.4 Å².